The summed E-state index contributed by atoms with van der Waals surface area (Å²) in [7, 11) is 0. The van der Waals surface area contributed by atoms with E-state index in [9.17, 15) is 5.11 Å². The van der Waals surface area contributed by atoms with Gasteiger partial charge in [0, 0.05) is 13.2 Å². The van der Waals surface area contributed by atoms with Crippen molar-refractivity contribution in [2.75, 3.05) is 19.7 Å². The second kappa shape index (κ2) is 7.40. The van der Waals surface area contributed by atoms with Crippen LogP contribution in [0, 0.1) is 0 Å². The predicted octanol–water partition coefficient (Wildman–Crippen LogP) is 1.08. The first-order chi connectivity index (χ1) is 7.34. The van der Waals surface area contributed by atoms with Crippen LogP contribution in [0.5, 0.6) is 0 Å². The molecule has 1 unspecified atom stereocenters. The van der Waals surface area contributed by atoms with Gasteiger partial charge in [-0.15, -0.1) is 0 Å². The SMILES string of the molecule is OCCCCNCC(O)c1ccccc1. The van der Waals surface area contributed by atoms with Crippen LogP contribution in [0.4, 0.5) is 0 Å². The Hall–Kier alpha value is -0.900. The van der Waals surface area contributed by atoms with Crippen LogP contribution in [-0.2, 0) is 0 Å². The average molecular weight is 209 g/mol. The smallest absolute Gasteiger partial charge is 0.0914 e. The molecule has 0 spiro atoms. The number of hydrogen-bond acceptors (Lipinski definition) is 3. The maximum atomic E-state index is 9.77. The quantitative estimate of drug-likeness (QED) is 0.589. The lowest BCUT2D eigenvalue weighted by molar-refractivity contribution is 0.174. The highest BCUT2D eigenvalue weighted by molar-refractivity contribution is 5.17. The van der Waals surface area contributed by atoms with Gasteiger partial charge in [-0.05, 0) is 24.9 Å². The maximum absolute atomic E-state index is 9.77. The molecule has 0 aliphatic carbocycles. The molecular formula is C12H19NO2. The Morgan fingerprint density at radius 2 is 1.87 bits per heavy atom. The minimum Gasteiger partial charge on any atom is -0.396 e. The number of unbranched alkanes of at least 4 members (excludes halogenated alkanes) is 1. The summed E-state index contributed by atoms with van der Waals surface area (Å²) in [6.07, 6.45) is 1.31. The van der Waals surface area contributed by atoms with E-state index in [0.29, 0.717) is 6.54 Å². The van der Waals surface area contributed by atoms with Crippen molar-refractivity contribution >= 4 is 0 Å². The van der Waals surface area contributed by atoms with E-state index in [1.54, 1.807) is 0 Å². The Balaban J connectivity index is 2.16. The van der Waals surface area contributed by atoms with Gasteiger partial charge in [0.2, 0.25) is 0 Å². The van der Waals surface area contributed by atoms with Gasteiger partial charge in [-0.25, -0.2) is 0 Å². The molecule has 0 fully saturated rings. The van der Waals surface area contributed by atoms with Crippen LogP contribution >= 0.6 is 0 Å². The van der Waals surface area contributed by atoms with Crippen molar-refractivity contribution in [3.05, 3.63) is 35.9 Å². The molecule has 0 saturated heterocycles. The standard InChI is InChI=1S/C12H19NO2/c14-9-5-4-8-13-10-12(15)11-6-2-1-3-7-11/h1-3,6-7,12-15H,4-5,8-10H2. The predicted molar refractivity (Wildman–Crippen MR) is 60.6 cm³/mol. The average Bonchev–Trinajstić information content (AvgIpc) is 2.30. The van der Waals surface area contributed by atoms with Gasteiger partial charge in [0.1, 0.15) is 0 Å². The molecule has 0 radical (unpaired) electrons. The molecule has 0 aliphatic rings. The molecule has 0 heterocycles. The van der Waals surface area contributed by atoms with Crippen LogP contribution in [0.2, 0.25) is 0 Å². The molecule has 1 rings (SSSR count). The van der Waals surface area contributed by atoms with Crippen molar-refractivity contribution in [2.24, 2.45) is 0 Å². The molecule has 1 atom stereocenters. The summed E-state index contributed by atoms with van der Waals surface area (Å²) in [4.78, 5) is 0. The van der Waals surface area contributed by atoms with E-state index in [0.717, 1.165) is 24.9 Å². The summed E-state index contributed by atoms with van der Waals surface area (Å²) in [5, 5.41) is 21.5. The second-order valence-corrected chi connectivity index (χ2v) is 3.56. The van der Waals surface area contributed by atoms with Gasteiger partial charge < -0.3 is 15.5 Å². The molecule has 0 aliphatic heterocycles. The van der Waals surface area contributed by atoms with Gasteiger partial charge in [0.25, 0.3) is 0 Å². The summed E-state index contributed by atoms with van der Waals surface area (Å²) in [6.45, 7) is 1.64. The van der Waals surface area contributed by atoms with E-state index in [4.69, 9.17) is 5.11 Å². The third-order valence-corrected chi connectivity index (χ3v) is 2.28. The number of hydrogen-bond donors (Lipinski definition) is 3. The lowest BCUT2D eigenvalue weighted by Gasteiger charge is -2.11. The van der Waals surface area contributed by atoms with Crippen LogP contribution in [0.25, 0.3) is 0 Å². The molecule has 0 aromatic heterocycles. The van der Waals surface area contributed by atoms with Crippen molar-refractivity contribution in [3.8, 4) is 0 Å². The molecule has 0 bridgehead atoms. The summed E-state index contributed by atoms with van der Waals surface area (Å²) >= 11 is 0. The Kier molecular flexibility index (Phi) is 6.00. The summed E-state index contributed by atoms with van der Waals surface area (Å²) < 4.78 is 0. The van der Waals surface area contributed by atoms with Gasteiger partial charge in [-0.1, -0.05) is 30.3 Å². The van der Waals surface area contributed by atoms with Crippen LogP contribution in [0.1, 0.15) is 24.5 Å². The fraction of sp³-hybridized carbons (Fsp3) is 0.500. The molecule has 3 N–H and O–H groups in total. The highest BCUT2D eigenvalue weighted by atomic mass is 16.3. The molecule has 1 aromatic rings. The minimum absolute atomic E-state index is 0.239. The first-order valence-electron chi connectivity index (χ1n) is 5.39. The van der Waals surface area contributed by atoms with Crippen molar-refractivity contribution in [1.82, 2.24) is 5.32 Å². The third-order valence-electron chi connectivity index (χ3n) is 2.28. The van der Waals surface area contributed by atoms with Crippen molar-refractivity contribution in [3.63, 3.8) is 0 Å². The van der Waals surface area contributed by atoms with E-state index in [1.807, 2.05) is 30.3 Å². The fourth-order valence-electron chi connectivity index (χ4n) is 1.39. The number of aliphatic hydroxyl groups excluding tert-OH is 2. The van der Waals surface area contributed by atoms with Crippen LogP contribution in [-0.4, -0.2) is 29.9 Å². The minimum atomic E-state index is -0.444. The summed E-state index contributed by atoms with van der Waals surface area (Å²) in [5.74, 6) is 0. The Morgan fingerprint density at radius 3 is 2.53 bits per heavy atom. The van der Waals surface area contributed by atoms with Crippen LogP contribution < -0.4 is 5.32 Å². The largest absolute Gasteiger partial charge is 0.396 e. The van der Waals surface area contributed by atoms with Crippen molar-refractivity contribution < 1.29 is 10.2 Å². The molecule has 15 heavy (non-hydrogen) atoms. The lowest BCUT2D eigenvalue weighted by Crippen LogP contribution is -2.22. The Morgan fingerprint density at radius 1 is 1.13 bits per heavy atom. The fourth-order valence-corrected chi connectivity index (χ4v) is 1.39. The van der Waals surface area contributed by atoms with E-state index in [1.165, 1.54) is 0 Å². The third kappa shape index (κ3) is 4.93. The van der Waals surface area contributed by atoms with Gasteiger partial charge in [0.15, 0.2) is 0 Å². The van der Waals surface area contributed by atoms with Gasteiger partial charge in [-0.2, -0.15) is 0 Å². The van der Waals surface area contributed by atoms with Crippen molar-refractivity contribution in [2.45, 2.75) is 18.9 Å². The molecule has 0 saturated carbocycles. The highest BCUT2D eigenvalue weighted by Gasteiger charge is 2.04. The second-order valence-electron chi connectivity index (χ2n) is 3.56. The topological polar surface area (TPSA) is 52.5 Å². The number of nitrogens with one attached hydrogen (secondary N) is 1. The van der Waals surface area contributed by atoms with Gasteiger partial charge in [0.05, 0.1) is 6.10 Å². The molecular weight excluding hydrogens is 190 g/mol. The zero-order chi connectivity index (χ0) is 10.9. The highest BCUT2D eigenvalue weighted by Crippen LogP contribution is 2.10. The molecule has 3 nitrogen and oxygen atoms in total. The monoisotopic (exact) mass is 209 g/mol. The summed E-state index contributed by atoms with van der Waals surface area (Å²) in [6, 6.07) is 9.61. The number of rotatable bonds is 7. The number of benzene rings is 1. The van der Waals surface area contributed by atoms with Gasteiger partial charge in [-0.3, -0.25) is 0 Å². The zero-order valence-electron chi connectivity index (χ0n) is 8.89. The van der Waals surface area contributed by atoms with E-state index in [-0.39, 0.29) is 6.61 Å². The maximum Gasteiger partial charge on any atom is 0.0914 e. The van der Waals surface area contributed by atoms with E-state index in [2.05, 4.69) is 5.32 Å². The summed E-state index contributed by atoms with van der Waals surface area (Å²) in [5.41, 5.74) is 0.937. The first-order valence-corrected chi connectivity index (χ1v) is 5.39. The molecule has 0 amide bonds. The van der Waals surface area contributed by atoms with Crippen molar-refractivity contribution in [1.29, 1.82) is 0 Å². The number of aliphatic hydroxyl groups is 2. The Bertz CT molecular complexity index is 251. The molecule has 1 aromatic carbocycles. The first kappa shape index (κ1) is 12.2. The zero-order valence-corrected chi connectivity index (χ0v) is 8.89. The normalized spacial score (nSPS) is 12.7. The van der Waals surface area contributed by atoms with Gasteiger partial charge >= 0.3 is 0 Å². The van der Waals surface area contributed by atoms with Crippen LogP contribution in [0.15, 0.2) is 30.3 Å². The van der Waals surface area contributed by atoms with E-state index >= 15 is 0 Å². The van der Waals surface area contributed by atoms with Crippen LogP contribution in [0.3, 0.4) is 0 Å². The molecule has 3 heteroatoms. The van der Waals surface area contributed by atoms with E-state index < -0.39 is 6.10 Å². The lowest BCUT2D eigenvalue weighted by atomic mass is 10.1. The Labute approximate surface area is 90.8 Å². The molecule has 84 valence electrons.